The molecule has 0 N–H and O–H groups in total. The van der Waals surface area contributed by atoms with E-state index in [1.807, 2.05) is 31.2 Å². The molecule has 1 atom stereocenters. The highest BCUT2D eigenvalue weighted by Gasteiger charge is 2.24. The first kappa shape index (κ1) is 16.5. The van der Waals surface area contributed by atoms with E-state index in [2.05, 4.69) is 11.0 Å². The van der Waals surface area contributed by atoms with Gasteiger partial charge < -0.3 is 4.90 Å². The fraction of sp³-hybridized carbons (Fsp3) is 0.300. The van der Waals surface area contributed by atoms with Crippen molar-refractivity contribution in [2.75, 3.05) is 11.4 Å². The molecule has 1 aliphatic heterocycles. The van der Waals surface area contributed by atoms with Gasteiger partial charge in [0, 0.05) is 34.4 Å². The van der Waals surface area contributed by atoms with Crippen molar-refractivity contribution in [3.8, 4) is 6.07 Å². The summed E-state index contributed by atoms with van der Waals surface area (Å²) in [6.45, 7) is 2.86. The average Bonchev–Trinajstić information content (AvgIpc) is 3.03. The number of halogens is 1. The molecule has 0 saturated carbocycles. The Bertz CT molecular complexity index is 792. The van der Waals surface area contributed by atoms with E-state index in [4.69, 9.17) is 16.9 Å². The fourth-order valence-corrected chi connectivity index (χ4v) is 3.56. The smallest absolute Gasteiger partial charge is 0.193 e. The summed E-state index contributed by atoms with van der Waals surface area (Å²) in [7, 11) is 0. The molecule has 1 saturated heterocycles. The molecule has 24 heavy (non-hydrogen) atoms. The van der Waals surface area contributed by atoms with Crippen LogP contribution in [0.3, 0.4) is 0 Å². The number of hydrogen-bond acceptors (Lipinski definition) is 3. The second-order valence-corrected chi connectivity index (χ2v) is 6.62. The highest BCUT2D eigenvalue weighted by Crippen LogP contribution is 2.28. The molecular formula is C20H19ClN2O. The molecule has 4 heteroatoms. The third-order valence-electron chi connectivity index (χ3n) is 4.60. The molecular weight excluding hydrogens is 320 g/mol. The van der Waals surface area contributed by atoms with Crippen LogP contribution in [-0.4, -0.2) is 18.4 Å². The van der Waals surface area contributed by atoms with Crippen LogP contribution < -0.4 is 4.90 Å². The first-order valence-electron chi connectivity index (χ1n) is 8.14. The zero-order valence-corrected chi connectivity index (χ0v) is 14.4. The normalized spacial score (nSPS) is 16.9. The summed E-state index contributed by atoms with van der Waals surface area (Å²) >= 11 is 5.96. The number of hydrogen-bond donors (Lipinski definition) is 0. The van der Waals surface area contributed by atoms with Crippen molar-refractivity contribution in [1.82, 2.24) is 0 Å². The lowest BCUT2D eigenvalue weighted by Gasteiger charge is -2.25. The van der Waals surface area contributed by atoms with E-state index in [9.17, 15) is 4.79 Å². The van der Waals surface area contributed by atoms with Gasteiger partial charge in [0.2, 0.25) is 0 Å². The van der Waals surface area contributed by atoms with Gasteiger partial charge in [-0.3, -0.25) is 4.79 Å². The first-order valence-corrected chi connectivity index (χ1v) is 8.52. The van der Waals surface area contributed by atoms with E-state index in [0.29, 0.717) is 22.6 Å². The molecule has 2 aromatic carbocycles. The number of anilines is 1. The Morgan fingerprint density at radius 2 is 2.04 bits per heavy atom. The Hall–Kier alpha value is -2.31. The summed E-state index contributed by atoms with van der Waals surface area (Å²) in [5.74, 6) is 0.00529. The Kier molecular flexibility index (Phi) is 4.87. The molecule has 1 aliphatic rings. The standard InChI is InChI=1S/C20H19ClN2O/c1-14-13-16(21)6-9-19(14)20(24)15-4-7-18(8-5-15)23-12-2-3-17(23)10-11-22/h4-9,13,17H,2-3,10,12H2,1H3. The number of carbonyl (C=O) groups excluding carboxylic acids is 1. The SMILES string of the molecule is Cc1cc(Cl)ccc1C(=O)c1ccc(N2CCCC2CC#N)cc1. The van der Waals surface area contributed by atoms with Crippen molar-refractivity contribution in [3.05, 3.63) is 64.2 Å². The van der Waals surface area contributed by atoms with Crippen LogP contribution in [0, 0.1) is 18.3 Å². The molecule has 1 fully saturated rings. The lowest BCUT2D eigenvalue weighted by atomic mass is 9.99. The lowest BCUT2D eigenvalue weighted by Crippen LogP contribution is -2.28. The van der Waals surface area contributed by atoms with E-state index >= 15 is 0 Å². The first-order chi connectivity index (χ1) is 11.6. The molecule has 1 heterocycles. The second kappa shape index (κ2) is 7.07. The number of ketones is 1. The van der Waals surface area contributed by atoms with Gasteiger partial charge in [-0.15, -0.1) is 0 Å². The third-order valence-corrected chi connectivity index (χ3v) is 4.83. The molecule has 3 nitrogen and oxygen atoms in total. The minimum Gasteiger partial charge on any atom is -0.368 e. The molecule has 0 aromatic heterocycles. The third kappa shape index (κ3) is 3.29. The van der Waals surface area contributed by atoms with Gasteiger partial charge >= 0.3 is 0 Å². The van der Waals surface area contributed by atoms with Gasteiger partial charge in [-0.2, -0.15) is 5.26 Å². The van der Waals surface area contributed by atoms with Crippen molar-refractivity contribution in [1.29, 1.82) is 5.26 Å². The second-order valence-electron chi connectivity index (χ2n) is 6.19. The van der Waals surface area contributed by atoms with Crippen LogP contribution >= 0.6 is 11.6 Å². The Labute approximate surface area is 147 Å². The van der Waals surface area contributed by atoms with Crippen LogP contribution in [0.5, 0.6) is 0 Å². The minimum absolute atomic E-state index is 0.00529. The molecule has 3 rings (SSSR count). The van der Waals surface area contributed by atoms with Gasteiger partial charge in [0.1, 0.15) is 0 Å². The number of carbonyl (C=O) groups is 1. The molecule has 0 aliphatic carbocycles. The predicted octanol–water partition coefficient (Wildman–Crippen LogP) is 4.76. The largest absolute Gasteiger partial charge is 0.368 e. The summed E-state index contributed by atoms with van der Waals surface area (Å²) in [6.07, 6.45) is 2.71. The summed E-state index contributed by atoms with van der Waals surface area (Å²) in [5, 5.41) is 9.59. The molecule has 0 amide bonds. The van der Waals surface area contributed by atoms with Crippen LogP contribution in [0.4, 0.5) is 5.69 Å². The maximum Gasteiger partial charge on any atom is 0.193 e. The highest BCUT2D eigenvalue weighted by atomic mass is 35.5. The van der Waals surface area contributed by atoms with Gasteiger partial charge in [-0.1, -0.05) is 11.6 Å². The maximum atomic E-state index is 12.7. The zero-order valence-electron chi connectivity index (χ0n) is 13.6. The van der Waals surface area contributed by atoms with Gasteiger partial charge in [0.25, 0.3) is 0 Å². The van der Waals surface area contributed by atoms with Gasteiger partial charge in [-0.05, 0) is 67.8 Å². The van der Waals surface area contributed by atoms with Gasteiger partial charge in [0.15, 0.2) is 5.78 Å². The van der Waals surface area contributed by atoms with Gasteiger partial charge in [-0.25, -0.2) is 0 Å². The predicted molar refractivity (Wildman–Crippen MR) is 96.7 cm³/mol. The quantitative estimate of drug-likeness (QED) is 0.755. The minimum atomic E-state index is 0.00529. The van der Waals surface area contributed by atoms with Crippen LogP contribution in [0.15, 0.2) is 42.5 Å². The van der Waals surface area contributed by atoms with Crippen LogP contribution in [0.1, 0.15) is 40.7 Å². The Morgan fingerprint density at radius 3 is 2.71 bits per heavy atom. The molecule has 0 spiro atoms. The summed E-state index contributed by atoms with van der Waals surface area (Å²) in [6, 6.07) is 15.6. The van der Waals surface area contributed by atoms with Crippen molar-refractivity contribution in [3.63, 3.8) is 0 Å². The van der Waals surface area contributed by atoms with Crippen molar-refractivity contribution in [2.45, 2.75) is 32.2 Å². The van der Waals surface area contributed by atoms with E-state index < -0.39 is 0 Å². The summed E-state index contributed by atoms with van der Waals surface area (Å²) < 4.78 is 0. The topological polar surface area (TPSA) is 44.1 Å². The summed E-state index contributed by atoms with van der Waals surface area (Å²) in [4.78, 5) is 14.9. The number of aryl methyl sites for hydroxylation is 1. The average molecular weight is 339 g/mol. The molecule has 0 bridgehead atoms. The molecule has 1 unspecified atom stereocenters. The van der Waals surface area contributed by atoms with Crippen LogP contribution in [0.25, 0.3) is 0 Å². The Morgan fingerprint density at radius 1 is 1.29 bits per heavy atom. The lowest BCUT2D eigenvalue weighted by molar-refractivity contribution is 0.103. The van der Waals surface area contributed by atoms with E-state index in [-0.39, 0.29) is 11.8 Å². The highest BCUT2D eigenvalue weighted by molar-refractivity contribution is 6.30. The molecule has 0 radical (unpaired) electrons. The molecule has 2 aromatic rings. The number of benzene rings is 2. The monoisotopic (exact) mass is 338 g/mol. The molecule has 122 valence electrons. The zero-order chi connectivity index (χ0) is 17.1. The van der Waals surface area contributed by atoms with E-state index in [1.165, 1.54) is 0 Å². The van der Waals surface area contributed by atoms with Crippen LogP contribution in [-0.2, 0) is 0 Å². The van der Waals surface area contributed by atoms with Gasteiger partial charge in [0.05, 0.1) is 12.5 Å². The number of rotatable bonds is 4. The Balaban J connectivity index is 1.82. The fourth-order valence-electron chi connectivity index (χ4n) is 3.33. The van der Waals surface area contributed by atoms with Crippen molar-refractivity contribution in [2.24, 2.45) is 0 Å². The van der Waals surface area contributed by atoms with E-state index in [0.717, 1.165) is 30.6 Å². The number of nitriles is 1. The van der Waals surface area contributed by atoms with Crippen molar-refractivity contribution < 1.29 is 4.79 Å². The summed E-state index contributed by atoms with van der Waals surface area (Å²) in [5.41, 5.74) is 3.30. The van der Waals surface area contributed by atoms with Crippen LogP contribution in [0.2, 0.25) is 5.02 Å². The maximum absolute atomic E-state index is 12.7. The van der Waals surface area contributed by atoms with E-state index in [1.54, 1.807) is 18.2 Å². The van der Waals surface area contributed by atoms with Crippen molar-refractivity contribution >= 4 is 23.1 Å². The number of nitrogens with zero attached hydrogens (tertiary/aromatic N) is 2.